The molecule has 3 heteroatoms. The Bertz CT molecular complexity index is 505. The highest BCUT2D eigenvalue weighted by Gasteiger charge is 2.07. The van der Waals surface area contributed by atoms with Gasteiger partial charge in [0.2, 0.25) is 0 Å². The van der Waals surface area contributed by atoms with Crippen LogP contribution in [-0.4, -0.2) is 16.8 Å². The Kier molecular flexibility index (Phi) is 4.05. The first kappa shape index (κ1) is 12.7. The Hall–Kier alpha value is -1.74. The zero-order valence-corrected chi connectivity index (χ0v) is 10.8. The Labute approximate surface area is 108 Å². The molecule has 1 aromatic carbocycles. The average Bonchev–Trinajstić information content (AvgIpc) is 2.87. The number of ether oxygens (including phenoxy) is 1. The minimum absolute atomic E-state index is 0.371. The number of aliphatic hydroxyl groups is 1. The number of aromatic nitrogens is 1. The fourth-order valence-corrected chi connectivity index (χ4v) is 2.02. The standard InChI is InChI=1S/C15H19NO2/c1-3-14(17)12-8-9-16(10-12)11-13-6-4-5-7-15(13)18-2/h4-10,14,17H,3,11H2,1-2H3. The first-order chi connectivity index (χ1) is 8.74. The molecule has 0 bridgehead atoms. The van der Waals surface area contributed by atoms with Gasteiger partial charge in [-0.15, -0.1) is 0 Å². The smallest absolute Gasteiger partial charge is 0.123 e. The van der Waals surface area contributed by atoms with Crippen LogP contribution in [0.25, 0.3) is 0 Å². The molecule has 2 rings (SSSR count). The molecule has 0 aliphatic heterocycles. The number of hydrogen-bond donors (Lipinski definition) is 1. The van der Waals surface area contributed by atoms with Gasteiger partial charge in [0.1, 0.15) is 5.75 Å². The van der Waals surface area contributed by atoms with Crippen molar-refractivity contribution in [3.8, 4) is 5.75 Å². The summed E-state index contributed by atoms with van der Waals surface area (Å²) in [5.74, 6) is 0.892. The van der Waals surface area contributed by atoms with E-state index < -0.39 is 0 Å². The number of rotatable bonds is 5. The van der Waals surface area contributed by atoms with Gasteiger partial charge in [-0.2, -0.15) is 0 Å². The minimum Gasteiger partial charge on any atom is -0.496 e. The van der Waals surface area contributed by atoms with Gasteiger partial charge in [-0.1, -0.05) is 25.1 Å². The maximum Gasteiger partial charge on any atom is 0.123 e. The largest absolute Gasteiger partial charge is 0.496 e. The molecular weight excluding hydrogens is 226 g/mol. The lowest BCUT2D eigenvalue weighted by Crippen LogP contribution is -2.00. The molecule has 1 heterocycles. The molecule has 1 atom stereocenters. The molecule has 0 spiro atoms. The normalized spacial score (nSPS) is 12.4. The van der Waals surface area contributed by atoms with Crippen LogP contribution in [0, 0.1) is 0 Å². The molecule has 0 radical (unpaired) electrons. The molecule has 96 valence electrons. The number of para-hydroxylation sites is 1. The average molecular weight is 245 g/mol. The van der Waals surface area contributed by atoms with Crippen molar-refractivity contribution in [2.75, 3.05) is 7.11 Å². The first-order valence-electron chi connectivity index (χ1n) is 6.20. The number of methoxy groups -OCH3 is 1. The van der Waals surface area contributed by atoms with E-state index in [1.165, 1.54) is 0 Å². The van der Waals surface area contributed by atoms with Crippen molar-refractivity contribution in [1.82, 2.24) is 4.57 Å². The molecule has 0 aliphatic carbocycles. The number of aliphatic hydroxyl groups excluding tert-OH is 1. The molecule has 0 saturated carbocycles. The number of hydrogen-bond acceptors (Lipinski definition) is 2. The van der Waals surface area contributed by atoms with Gasteiger partial charge in [0.15, 0.2) is 0 Å². The lowest BCUT2D eigenvalue weighted by atomic mass is 10.1. The summed E-state index contributed by atoms with van der Waals surface area (Å²) in [6.45, 7) is 2.72. The van der Waals surface area contributed by atoms with E-state index in [1.54, 1.807) is 7.11 Å². The van der Waals surface area contributed by atoms with E-state index in [1.807, 2.05) is 43.6 Å². The van der Waals surface area contributed by atoms with Gasteiger partial charge in [-0.25, -0.2) is 0 Å². The van der Waals surface area contributed by atoms with Crippen LogP contribution in [-0.2, 0) is 6.54 Å². The van der Waals surface area contributed by atoms with E-state index in [9.17, 15) is 5.11 Å². The summed E-state index contributed by atoms with van der Waals surface area (Å²) in [6.07, 6.45) is 4.34. The molecule has 18 heavy (non-hydrogen) atoms. The third-order valence-corrected chi connectivity index (χ3v) is 3.09. The second-order valence-electron chi connectivity index (χ2n) is 4.35. The maximum absolute atomic E-state index is 9.77. The lowest BCUT2D eigenvalue weighted by Gasteiger charge is -2.09. The Balaban J connectivity index is 2.16. The Morgan fingerprint density at radius 1 is 1.28 bits per heavy atom. The molecular formula is C15H19NO2. The van der Waals surface area contributed by atoms with Crippen molar-refractivity contribution in [2.24, 2.45) is 0 Å². The van der Waals surface area contributed by atoms with Gasteiger partial charge < -0.3 is 14.4 Å². The highest BCUT2D eigenvalue weighted by atomic mass is 16.5. The van der Waals surface area contributed by atoms with Crippen molar-refractivity contribution >= 4 is 0 Å². The van der Waals surface area contributed by atoms with E-state index in [-0.39, 0.29) is 6.10 Å². The highest BCUT2D eigenvalue weighted by molar-refractivity contribution is 5.33. The minimum atomic E-state index is -0.371. The maximum atomic E-state index is 9.77. The third kappa shape index (κ3) is 2.74. The van der Waals surface area contributed by atoms with Crippen molar-refractivity contribution in [2.45, 2.75) is 26.0 Å². The van der Waals surface area contributed by atoms with Gasteiger partial charge in [0.05, 0.1) is 19.8 Å². The Morgan fingerprint density at radius 3 is 2.78 bits per heavy atom. The van der Waals surface area contributed by atoms with Crippen LogP contribution in [0.15, 0.2) is 42.7 Å². The zero-order valence-electron chi connectivity index (χ0n) is 10.8. The monoisotopic (exact) mass is 245 g/mol. The van der Waals surface area contributed by atoms with E-state index in [4.69, 9.17) is 4.74 Å². The molecule has 0 fully saturated rings. The van der Waals surface area contributed by atoms with Crippen molar-refractivity contribution in [3.63, 3.8) is 0 Å². The lowest BCUT2D eigenvalue weighted by molar-refractivity contribution is 0.173. The van der Waals surface area contributed by atoms with Gasteiger partial charge in [0.25, 0.3) is 0 Å². The topological polar surface area (TPSA) is 34.4 Å². The van der Waals surface area contributed by atoms with Crippen LogP contribution in [0.2, 0.25) is 0 Å². The van der Waals surface area contributed by atoms with Crippen LogP contribution in [0.1, 0.15) is 30.6 Å². The van der Waals surface area contributed by atoms with Crippen molar-refractivity contribution < 1.29 is 9.84 Å². The van der Waals surface area contributed by atoms with Crippen molar-refractivity contribution in [3.05, 3.63) is 53.9 Å². The second kappa shape index (κ2) is 5.74. The Morgan fingerprint density at radius 2 is 2.06 bits per heavy atom. The van der Waals surface area contributed by atoms with Gasteiger partial charge in [-0.3, -0.25) is 0 Å². The zero-order chi connectivity index (χ0) is 13.0. The van der Waals surface area contributed by atoms with Crippen LogP contribution < -0.4 is 4.74 Å². The molecule has 0 amide bonds. The predicted octanol–water partition coefficient (Wildman–Crippen LogP) is 2.99. The second-order valence-corrected chi connectivity index (χ2v) is 4.35. The predicted molar refractivity (Wildman–Crippen MR) is 71.8 cm³/mol. The van der Waals surface area contributed by atoms with Crippen LogP contribution >= 0.6 is 0 Å². The first-order valence-corrected chi connectivity index (χ1v) is 6.20. The van der Waals surface area contributed by atoms with Crippen LogP contribution in [0.4, 0.5) is 0 Å². The summed E-state index contributed by atoms with van der Waals surface area (Å²) in [7, 11) is 1.68. The fraction of sp³-hybridized carbons (Fsp3) is 0.333. The number of nitrogens with zero attached hydrogens (tertiary/aromatic N) is 1. The molecule has 0 aliphatic rings. The SMILES string of the molecule is CCC(O)c1ccn(Cc2ccccc2OC)c1. The summed E-state index contributed by atoms with van der Waals surface area (Å²) in [5, 5.41) is 9.77. The van der Waals surface area contributed by atoms with Crippen LogP contribution in [0.3, 0.4) is 0 Å². The summed E-state index contributed by atoms with van der Waals surface area (Å²) in [6, 6.07) is 9.94. The van der Waals surface area contributed by atoms with E-state index >= 15 is 0 Å². The summed E-state index contributed by atoms with van der Waals surface area (Å²) in [4.78, 5) is 0. The van der Waals surface area contributed by atoms with Gasteiger partial charge in [0, 0.05) is 18.0 Å². The van der Waals surface area contributed by atoms with E-state index in [0.717, 1.165) is 29.8 Å². The molecule has 2 aromatic rings. The summed E-state index contributed by atoms with van der Waals surface area (Å²) < 4.78 is 7.39. The summed E-state index contributed by atoms with van der Waals surface area (Å²) in [5.41, 5.74) is 2.10. The van der Waals surface area contributed by atoms with Crippen LogP contribution in [0.5, 0.6) is 5.75 Å². The molecule has 1 aromatic heterocycles. The van der Waals surface area contributed by atoms with E-state index in [2.05, 4.69) is 10.6 Å². The molecule has 1 unspecified atom stereocenters. The summed E-state index contributed by atoms with van der Waals surface area (Å²) >= 11 is 0. The van der Waals surface area contributed by atoms with E-state index in [0.29, 0.717) is 0 Å². The number of benzene rings is 1. The van der Waals surface area contributed by atoms with Gasteiger partial charge >= 0.3 is 0 Å². The highest BCUT2D eigenvalue weighted by Crippen LogP contribution is 2.21. The molecule has 3 nitrogen and oxygen atoms in total. The quantitative estimate of drug-likeness (QED) is 0.878. The third-order valence-electron chi connectivity index (χ3n) is 3.09. The van der Waals surface area contributed by atoms with Crippen molar-refractivity contribution in [1.29, 1.82) is 0 Å². The molecule has 0 saturated heterocycles. The van der Waals surface area contributed by atoms with Gasteiger partial charge in [-0.05, 0) is 24.1 Å². The molecule has 1 N–H and O–H groups in total. The fourth-order valence-electron chi connectivity index (χ4n) is 2.02.